The lowest BCUT2D eigenvalue weighted by Gasteiger charge is -2.36. The second-order valence-electron chi connectivity index (χ2n) is 9.36. The Balaban J connectivity index is 1.19. The number of hydrogen-bond acceptors (Lipinski definition) is 6. The van der Waals surface area contributed by atoms with E-state index in [0.717, 1.165) is 56.0 Å². The summed E-state index contributed by atoms with van der Waals surface area (Å²) in [6.45, 7) is 5.78. The third-order valence-corrected chi connectivity index (χ3v) is 8.14. The van der Waals surface area contributed by atoms with E-state index in [1.54, 1.807) is 0 Å². The fourth-order valence-corrected chi connectivity index (χ4v) is 5.88. The average molecular weight is 505 g/mol. The molecular weight excluding hydrogens is 472 g/mol. The van der Waals surface area contributed by atoms with Crippen LogP contribution < -0.4 is 4.90 Å². The summed E-state index contributed by atoms with van der Waals surface area (Å²) in [6, 6.07) is 17.9. The molecule has 0 saturated carbocycles. The Kier molecular flexibility index (Phi) is 7.27. The van der Waals surface area contributed by atoms with Gasteiger partial charge in [-0.15, -0.1) is 10.2 Å². The summed E-state index contributed by atoms with van der Waals surface area (Å²) in [5, 5.41) is 9.52. The lowest BCUT2D eigenvalue weighted by molar-refractivity contribution is -0.128. The highest BCUT2D eigenvalue weighted by atomic mass is 32.2. The second kappa shape index (κ2) is 10.7. The van der Waals surface area contributed by atoms with E-state index < -0.39 is 0 Å². The molecule has 2 fully saturated rings. The van der Waals surface area contributed by atoms with Crippen molar-refractivity contribution < 1.29 is 9.59 Å². The van der Waals surface area contributed by atoms with Gasteiger partial charge in [0.2, 0.25) is 5.91 Å². The monoisotopic (exact) mass is 504 g/mol. The molecule has 0 N–H and O–H groups in total. The third kappa shape index (κ3) is 4.97. The first kappa shape index (κ1) is 24.4. The fourth-order valence-electron chi connectivity index (χ4n) is 5.06. The van der Waals surface area contributed by atoms with Gasteiger partial charge >= 0.3 is 0 Å². The largest absolute Gasteiger partial charge is 0.368 e. The standard InChI is InChI=1S/C27H32N6O2S/c1-20-9-6-7-12-22(20)26(35)33-14-8-13-23(33)25-28-29-27(30(25)2)36-19-24(34)32-17-15-31(16-18-32)21-10-4-3-5-11-21/h3-7,9-12,23H,8,13-19H2,1-2H3. The number of amides is 2. The SMILES string of the molecule is Cc1ccccc1C(=O)N1CCCC1c1nnc(SCC(=O)N2CCN(c3ccccc3)CC2)n1C. The number of nitrogens with zero attached hydrogens (tertiary/aromatic N) is 6. The fraction of sp³-hybridized carbons (Fsp3) is 0.407. The van der Waals surface area contributed by atoms with Gasteiger partial charge in [0, 0.05) is 51.0 Å². The molecule has 1 unspecified atom stereocenters. The third-order valence-electron chi connectivity index (χ3n) is 7.13. The summed E-state index contributed by atoms with van der Waals surface area (Å²) in [6.07, 6.45) is 1.80. The van der Waals surface area contributed by atoms with Crippen LogP contribution >= 0.6 is 11.8 Å². The van der Waals surface area contributed by atoms with Crippen LogP contribution in [0.5, 0.6) is 0 Å². The second-order valence-corrected chi connectivity index (χ2v) is 10.3. The molecule has 2 amide bonds. The first-order valence-corrected chi connectivity index (χ1v) is 13.5. The predicted octanol–water partition coefficient (Wildman–Crippen LogP) is 3.54. The molecule has 2 aliphatic rings. The topological polar surface area (TPSA) is 74.6 Å². The zero-order valence-electron chi connectivity index (χ0n) is 20.8. The van der Waals surface area contributed by atoms with Gasteiger partial charge in [0.25, 0.3) is 5.91 Å². The van der Waals surface area contributed by atoms with Crippen LogP contribution in [0.3, 0.4) is 0 Å². The molecule has 3 heterocycles. The van der Waals surface area contributed by atoms with Crippen molar-refractivity contribution in [3.05, 3.63) is 71.5 Å². The molecule has 1 aromatic heterocycles. The smallest absolute Gasteiger partial charge is 0.254 e. The Hall–Kier alpha value is -3.33. The van der Waals surface area contributed by atoms with E-state index >= 15 is 0 Å². The van der Waals surface area contributed by atoms with Crippen molar-refractivity contribution >= 4 is 29.3 Å². The van der Waals surface area contributed by atoms with Crippen molar-refractivity contribution in [3.8, 4) is 0 Å². The van der Waals surface area contributed by atoms with Crippen LogP contribution in [0.15, 0.2) is 59.8 Å². The Bertz CT molecular complexity index is 1220. The van der Waals surface area contributed by atoms with Gasteiger partial charge in [-0.3, -0.25) is 9.59 Å². The molecule has 2 aliphatic heterocycles. The van der Waals surface area contributed by atoms with Crippen molar-refractivity contribution in [1.82, 2.24) is 24.6 Å². The summed E-state index contributed by atoms with van der Waals surface area (Å²) >= 11 is 1.42. The van der Waals surface area contributed by atoms with Gasteiger partial charge in [0.05, 0.1) is 11.8 Å². The average Bonchev–Trinajstić information content (AvgIpc) is 3.54. The first-order valence-electron chi connectivity index (χ1n) is 12.5. The maximum Gasteiger partial charge on any atom is 0.254 e. The zero-order chi connectivity index (χ0) is 25.1. The Morgan fingerprint density at radius 2 is 1.67 bits per heavy atom. The van der Waals surface area contributed by atoms with Gasteiger partial charge < -0.3 is 19.3 Å². The molecule has 0 aliphatic carbocycles. The van der Waals surface area contributed by atoms with Crippen molar-refractivity contribution in [1.29, 1.82) is 0 Å². The molecule has 2 aromatic carbocycles. The number of para-hydroxylation sites is 1. The molecule has 36 heavy (non-hydrogen) atoms. The number of thioether (sulfide) groups is 1. The van der Waals surface area contributed by atoms with E-state index in [1.807, 2.05) is 70.8 Å². The van der Waals surface area contributed by atoms with E-state index in [2.05, 4.69) is 27.2 Å². The number of hydrogen-bond donors (Lipinski definition) is 0. The molecule has 9 heteroatoms. The van der Waals surface area contributed by atoms with Crippen LogP contribution in [-0.2, 0) is 11.8 Å². The van der Waals surface area contributed by atoms with Gasteiger partial charge in [0.1, 0.15) is 0 Å². The van der Waals surface area contributed by atoms with E-state index in [4.69, 9.17) is 0 Å². The molecular formula is C27H32N6O2S. The summed E-state index contributed by atoms with van der Waals surface area (Å²) in [5.74, 6) is 1.27. The van der Waals surface area contributed by atoms with E-state index in [0.29, 0.717) is 17.5 Å². The van der Waals surface area contributed by atoms with Crippen LogP contribution in [0.4, 0.5) is 5.69 Å². The summed E-state index contributed by atoms with van der Waals surface area (Å²) in [7, 11) is 1.93. The van der Waals surface area contributed by atoms with Crippen LogP contribution in [0.1, 0.15) is 40.6 Å². The van der Waals surface area contributed by atoms with Crippen molar-refractivity contribution in [3.63, 3.8) is 0 Å². The number of carbonyl (C=O) groups is 2. The Morgan fingerprint density at radius 1 is 0.944 bits per heavy atom. The highest BCUT2D eigenvalue weighted by Gasteiger charge is 2.34. The number of rotatable bonds is 6. The van der Waals surface area contributed by atoms with Gasteiger partial charge in [-0.25, -0.2) is 0 Å². The van der Waals surface area contributed by atoms with Gasteiger partial charge in [0.15, 0.2) is 11.0 Å². The highest BCUT2D eigenvalue weighted by Crippen LogP contribution is 2.33. The van der Waals surface area contributed by atoms with Crippen LogP contribution in [0.25, 0.3) is 0 Å². The van der Waals surface area contributed by atoms with Crippen LogP contribution in [0, 0.1) is 6.92 Å². The molecule has 2 saturated heterocycles. The molecule has 188 valence electrons. The molecule has 0 radical (unpaired) electrons. The minimum atomic E-state index is -0.106. The predicted molar refractivity (Wildman–Crippen MR) is 141 cm³/mol. The maximum atomic E-state index is 13.3. The minimum absolute atomic E-state index is 0.0395. The lowest BCUT2D eigenvalue weighted by Crippen LogP contribution is -2.49. The number of aromatic nitrogens is 3. The van der Waals surface area contributed by atoms with Crippen molar-refractivity contribution in [2.75, 3.05) is 43.4 Å². The molecule has 0 spiro atoms. The quantitative estimate of drug-likeness (QED) is 0.478. The van der Waals surface area contributed by atoms with Gasteiger partial charge in [-0.1, -0.05) is 48.2 Å². The molecule has 0 bridgehead atoms. The summed E-state index contributed by atoms with van der Waals surface area (Å²) < 4.78 is 1.94. The number of carbonyl (C=O) groups excluding carboxylic acids is 2. The lowest BCUT2D eigenvalue weighted by atomic mass is 10.1. The Labute approximate surface area is 216 Å². The van der Waals surface area contributed by atoms with Crippen LogP contribution in [0.2, 0.25) is 0 Å². The van der Waals surface area contributed by atoms with Crippen molar-refractivity contribution in [2.45, 2.75) is 31.0 Å². The highest BCUT2D eigenvalue weighted by molar-refractivity contribution is 7.99. The molecule has 8 nitrogen and oxygen atoms in total. The van der Waals surface area contributed by atoms with E-state index in [1.165, 1.54) is 17.4 Å². The van der Waals surface area contributed by atoms with E-state index in [-0.39, 0.29) is 17.9 Å². The molecule has 5 rings (SSSR count). The first-order chi connectivity index (χ1) is 17.5. The molecule has 3 aromatic rings. The molecule has 1 atom stereocenters. The zero-order valence-corrected chi connectivity index (χ0v) is 21.7. The number of benzene rings is 2. The number of likely N-dealkylation sites (tertiary alicyclic amines) is 1. The normalized spacial score (nSPS) is 18.1. The minimum Gasteiger partial charge on any atom is -0.368 e. The summed E-state index contributed by atoms with van der Waals surface area (Å²) in [5.41, 5.74) is 2.91. The summed E-state index contributed by atoms with van der Waals surface area (Å²) in [4.78, 5) is 32.3. The number of aryl methyl sites for hydroxylation is 1. The number of anilines is 1. The van der Waals surface area contributed by atoms with Crippen LogP contribution in [-0.4, -0.2) is 74.9 Å². The maximum absolute atomic E-state index is 13.3. The van der Waals surface area contributed by atoms with Gasteiger partial charge in [-0.2, -0.15) is 0 Å². The van der Waals surface area contributed by atoms with E-state index in [9.17, 15) is 9.59 Å². The Morgan fingerprint density at radius 3 is 2.42 bits per heavy atom. The van der Waals surface area contributed by atoms with Crippen molar-refractivity contribution in [2.24, 2.45) is 7.05 Å². The number of piperazine rings is 1. The van der Waals surface area contributed by atoms with Gasteiger partial charge in [-0.05, 0) is 43.5 Å².